The van der Waals surface area contributed by atoms with Gasteiger partial charge in [-0.05, 0) is 50.8 Å². The van der Waals surface area contributed by atoms with Crippen molar-refractivity contribution in [3.05, 3.63) is 24.0 Å². The van der Waals surface area contributed by atoms with Gasteiger partial charge in [0, 0.05) is 64.4 Å². The first-order valence-corrected chi connectivity index (χ1v) is 14.7. The highest BCUT2D eigenvalue weighted by Crippen LogP contribution is 2.32. The summed E-state index contributed by atoms with van der Waals surface area (Å²) in [4.78, 5) is 18.9. The van der Waals surface area contributed by atoms with E-state index in [1.165, 1.54) is 8.61 Å². The molecule has 0 bridgehead atoms. The molecule has 0 radical (unpaired) electrons. The number of nitrogens with one attached hydrogen (secondary N) is 1. The standard InChI is InChI=1S/C26H42N6O4S/c1-19(2)27-25(33)30-11-13-31(14-12-30)37(34,35)29(6)21-7-8-23-22(17-21)28-24(26(3,4)5)32(23)18-20-9-15-36-16-10-20/h7-8,17,19-20H,9-16,18H2,1-6H3,(H,27,33). The summed E-state index contributed by atoms with van der Waals surface area (Å²) < 4.78 is 37.6. The van der Waals surface area contributed by atoms with E-state index >= 15 is 0 Å². The minimum atomic E-state index is -3.75. The molecule has 0 atom stereocenters. The average Bonchev–Trinajstić information content (AvgIpc) is 3.22. The number of nitrogens with zero attached hydrogens (tertiary/aromatic N) is 5. The Bertz CT molecular complexity index is 1210. The molecule has 2 fully saturated rings. The third-order valence-corrected chi connectivity index (χ3v) is 9.08. The predicted octanol–water partition coefficient (Wildman–Crippen LogP) is 3.18. The molecule has 3 heterocycles. The molecule has 37 heavy (non-hydrogen) atoms. The Morgan fingerprint density at radius 2 is 1.81 bits per heavy atom. The molecule has 0 aliphatic carbocycles. The number of imidazole rings is 1. The molecule has 0 spiro atoms. The average molecular weight is 535 g/mol. The fourth-order valence-corrected chi connectivity index (χ4v) is 6.38. The first-order valence-electron chi connectivity index (χ1n) is 13.3. The van der Waals surface area contributed by atoms with E-state index < -0.39 is 10.2 Å². The van der Waals surface area contributed by atoms with Gasteiger partial charge in [0.2, 0.25) is 0 Å². The first kappa shape index (κ1) is 27.7. The summed E-state index contributed by atoms with van der Waals surface area (Å²) in [5.41, 5.74) is 2.25. The van der Waals surface area contributed by atoms with Gasteiger partial charge in [0.1, 0.15) is 5.82 Å². The SMILES string of the molecule is CC(C)NC(=O)N1CCN(S(=O)(=O)N(C)c2ccc3c(c2)nc(C(C)(C)C)n3CC2CCOCC2)CC1. The fourth-order valence-electron chi connectivity index (χ4n) is 5.03. The maximum atomic E-state index is 13.5. The molecule has 2 aromatic rings. The molecule has 4 rings (SSSR count). The second kappa shape index (κ2) is 10.8. The van der Waals surface area contributed by atoms with Gasteiger partial charge in [0.05, 0.1) is 16.7 Å². The number of piperazine rings is 1. The number of amides is 2. The van der Waals surface area contributed by atoms with E-state index in [-0.39, 0.29) is 30.6 Å². The summed E-state index contributed by atoms with van der Waals surface area (Å²) in [6.07, 6.45) is 2.07. The van der Waals surface area contributed by atoms with Crippen molar-refractivity contribution in [3.8, 4) is 0 Å². The minimum absolute atomic E-state index is 0.0364. The van der Waals surface area contributed by atoms with E-state index in [4.69, 9.17) is 9.72 Å². The maximum absolute atomic E-state index is 13.5. The van der Waals surface area contributed by atoms with Crippen molar-refractivity contribution in [2.75, 3.05) is 50.7 Å². The molecule has 2 aliphatic rings. The summed E-state index contributed by atoms with van der Waals surface area (Å²) in [5.74, 6) is 1.55. The van der Waals surface area contributed by atoms with Crippen LogP contribution in [0.3, 0.4) is 0 Å². The van der Waals surface area contributed by atoms with Crippen molar-refractivity contribution in [1.29, 1.82) is 0 Å². The highest BCUT2D eigenvalue weighted by atomic mass is 32.2. The molecular formula is C26H42N6O4S. The van der Waals surface area contributed by atoms with E-state index in [0.29, 0.717) is 24.7 Å². The summed E-state index contributed by atoms with van der Waals surface area (Å²) in [5, 5.41) is 2.87. The van der Waals surface area contributed by atoms with Crippen LogP contribution in [0, 0.1) is 5.92 Å². The zero-order valence-electron chi connectivity index (χ0n) is 23.0. The molecule has 11 heteroatoms. The molecule has 2 amide bonds. The number of carbonyl (C=O) groups is 1. The quantitative estimate of drug-likeness (QED) is 0.614. The molecule has 0 unspecified atom stereocenters. The van der Waals surface area contributed by atoms with E-state index in [1.807, 2.05) is 32.0 Å². The Labute approximate surface area is 221 Å². The number of aromatic nitrogens is 2. The monoisotopic (exact) mass is 534 g/mol. The van der Waals surface area contributed by atoms with Crippen molar-refractivity contribution >= 4 is 33.0 Å². The van der Waals surface area contributed by atoms with Crippen LogP contribution >= 0.6 is 0 Å². The zero-order valence-corrected chi connectivity index (χ0v) is 23.8. The summed E-state index contributed by atoms with van der Waals surface area (Å²) in [6.45, 7) is 14.0. The number of anilines is 1. The van der Waals surface area contributed by atoms with Gasteiger partial charge in [0.15, 0.2) is 0 Å². The summed E-state index contributed by atoms with van der Waals surface area (Å²) in [7, 11) is -2.17. The Morgan fingerprint density at radius 3 is 2.41 bits per heavy atom. The molecule has 1 aromatic heterocycles. The van der Waals surface area contributed by atoms with Crippen LogP contribution in [0.1, 0.15) is 53.3 Å². The molecule has 10 nitrogen and oxygen atoms in total. The number of fused-ring (bicyclic) bond motifs is 1. The van der Waals surface area contributed by atoms with Crippen molar-refractivity contribution in [1.82, 2.24) is 24.1 Å². The molecule has 2 aliphatic heterocycles. The number of hydrogen-bond acceptors (Lipinski definition) is 5. The van der Waals surface area contributed by atoms with E-state index in [9.17, 15) is 13.2 Å². The Balaban J connectivity index is 1.55. The normalized spacial score (nSPS) is 18.5. The number of ether oxygens (including phenoxy) is 1. The highest BCUT2D eigenvalue weighted by molar-refractivity contribution is 7.90. The second-order valence-electron chi connectivity index (χ2n) is 11.5. The van der Waals surface area contributed by atoms with Crippen molar-refractivity contribution in [3.63, 3.8) is 0 Å². The molecule has 206 valence electrons. The van der Waals surface area contributed by atoms with Crippen LogP contribution in [0.2, 0.25) is 0 Å². The topological polar surface area (TPSA) is 100 Å². The van der Waals surface area contributed by atoms with Gasteiger partial charge < -0.3 is 19.5 Å². The third kappa shape index (κ3) is 6.04. The molecule has 0 saturated carbocycles. The van der Waals surface area contributed by atoms with Crippen LogP contribution < -0.4 is 9.62 Å². The van der Waals surface area contributed by atoms with Gasteiger partial charge >= 0.3 is 16.2 Å². The zero-order chi connectivity index (χ0) is 27.0. The smallest absolute Gasteiger partial charge is 0.317 e. The van der Waals surface area contributed by atoms with Gasteiger partial charge in [-0.15, -0.1) is 0 Å². The highest BCUT2D eigenvalue weighted by Gasteiger charge is 2.33. The number of benzene rings is 1. The van der Waals surface area contributed by atoms with Crippen LogP contribution in [0.4, 0.5) is 10.5 Å². The van der Waals surface area contributed by atoms with Gasteiger partial charge in [-0.25, -0.2) is 9.78 Å². The van der Waals surface area contributed by atoms with Gasteiger partial charge in [-0.1, -0.05) is 20.8 Å². The molecule has 1 N–H and O–H groups in total. The van der Waals surface area contributed by atoms with E-state index in [0.717, 1.165) is 49.5 Å². The van der Waals surface area contributed by atoms with Gasteiger partial charge in [0.25, 0.3) is 0 Å². The van der Waals surface area contributed by atoms with Crippen LogP contribution in [0.25, 0.3) is 11.0 Å². The summed E-state index contributed by atoms with van der Waals surface area (Å²) >= 11 is 0. The Morgan fingerprint density at radius 1 is 1.16 bits per heavy atom. The lowest BCUT2D eigenvalue weighted by Gasteiger charge is -2.36. The lowest BCUT2D eigenvalue weighted by atomic mass is 9.94. The lowest BCUT2D eigenvalue weighted by molar-refractivity contribution is 0.0611. The Kier molecular flexibility index (Phi) is 8.06. The predicted molar refractivity (Wildman–Crippen MR) is 146 cm³/mol. The summed E-state index contributed by atoms with van der Waals surface area (Å²) in [6, 6.07) is 5.61. The Hall–Kier alpha value is -2.37. The van der Waals surface area contributed by atoms with Crippen LogP contribution in [0.15, 0.2) is 18.2 Å². The maximum Gasteiger partial charge on any atom is 0.317 e. The van der Waals surface area contributed by atoms with E-state index in [2.05, 4.69) is 30.7 Å². The van der Waals surface area contributed by atoms with Crippen LogP contribution in [-0.2, 0) is 26.9 Å². The number of carbonyl (C=O) groups excluding carboxylic acids is 1. The number of urea groups is 1. The van der Waals surface area contributed by atoms with Crippen LogP contribution in [0.5, 0.6) is 0 Å². The van der Waals surface area contributed by atoms with Crippen molar-refractivity contribution in [2.45, 2.75) is 65.5 Å². The minimum Gasteiger partial charge on any atom is -0.381 e. The third-order valence-electron chi connectivity index (χ3n) is 7.16. The largest absolute Gasteiger partial charge is 0.381 e. The van der Waals surface area contributed by atoms with Crippen molar-refractivity contribution < 1.29 is 17.9 Å². The fraction of sp³-hybridized carbons (Fsp3) is 0.692. The lowest BCUT2D eigenvalue weighted by Crippen LogP contribution is -2.56. The number of rotatable bonds is 6. The molecule has 1 aromatic carbocycles. The molecular weight excluding hydrogens is 492 g/mol. The van der Waals surface area contributed by atoms with E-state index in [1.54, 1.807) is 11.9 Å². The number of hydrogen-bond donors (Lipinski definition) is 1. The van der Waals surface area contributed by atoms with Crippen LogP contribution in [-0.4, -0.2) is 85.7 Å². The van der Waals surface area contributed by atoms with Crippen molar-refractivity contribution in [2.24, 2.45) is 5.92 Å². The van der Waals surface area contributed by atoms with Gasteiger partial charge in [-0.3, -0.25) is 4.31 Å². The second-order valence-corrected chi connectivity index (χ2v) is 13.5. The van der Waals surface area contributed by atoms with Gasteiger partial charge in [-0.2, -0.15) is 12.7 Å². The molecule has 2 saturated heterocycles. The first-order chi connectivity index (χ1) is 17.4.